The monoisotopic (exact) mass is 260 g/mol. The smallest absolute Gasteiger partial charge is 0.242 e. The van der Waals surface area contributed by atoms with Crippen molar-refractivity contribution < 1.29 is 9.90 Å². The number of rotatable bonds is 2. The second-order valence-corrected chi connectivity index (χ2v) is 5.26. The van der Waals surface area contributed by atoms with E-state index in [9.17, 15) is 9.90 Å². The van der Waals surface area contributed by atoms with E-state index in [0.29, 0.717) is 12.1 Å². The van der Waals surface area contributed by atoms with Gasteiger partial charge < -0.3 is 16.2 Å². The van der Waals surface area contributed by atoms with Crippen LogP contribution in [-0.2, 0) is 11.2 Å². The van der Waals surface area contributed by atoms with E-state index in [4.69, 9.17) is 5.73 Å². The summed E-state index contributed by atoms with van der Waals surface area (Å²) in [5.41, 5.74) is 10.1. The number of carbonyl (C=O) groups is 1. The molecule has 5 nitrogen and oxygen atoms in total. The number of anilines is 1. The van der Waals surface area contributed by atoms with Gasteiger partial charge in [0.1, 0.15) is 0 Å². The van der Waals surface area contributed by atoms with Crippen molar-refractivity contribution in [3.05, 3.63) is 23.8 Å². The highest BCUT2D eigenvalue weighted by atomic mass is 16.3. The van der Waals surface area contributed by atoms with Gasteiger partial charge in [-0.15, -0.1) is 0 Å². The summed E-state index contributed by atoms with van der Waals surface area (Å²) < 4.78 is 0. The molecule has 0 saturated carbocycles. The summed E-state index contributed by atoms with van der Waals surface area (Å²) in [6, 6.07) is 5.21. The molecule has 1 saturated heterocycles. The van der Waals surface area contributed by atoms with Crippen LogP contribution in [-0.4, -0.2) is 41.1 Å². The minimum absolute atomic E-state index is 0.0153. The third-order valence-electron chi connectivity index (χ3n) is 4.17. The number of nitrogens with zero attached hydrogens (tertiary/aromatic N) is 1. The van der Waals surface area contributed by atoms with Gasteiger partial charge in [-0.05, 0) is 31.5 Å². The fraction of sp³-hybridized carbons (Fsp3) is 0.500. The van der Waals surface area contributed by atoms with Crippen LogP contribution >= 0.6 is 0 Å². The van der Waals surface area contributed by atoms with Crippen LogP contribution in [0.3, 0.4) is 0 Å². The van der Waals surface area contributed by atoms with Gasteiger partial charge in [-0.1, -0.05) is 6.07 Å². The molecule has 101 valence electrons. The Hall–Kier alpha value is -1.59. The number of hydrogen-bond acceptors (Lipinski definition) is 3. The molecule has 19 heavy (non-hydrogen) atoms. The van der Waals surface area contributed by atoms with E-state index >= 15 is 0 Å². The lowest BCUT2D eigenvalue weighted by Gasteiger charge is -2.35. The first-order valence-corrected chi connectivity index (χ1v) is 6.71. The Morgan fingerprint density at radius 3 is 3.11 bits per heavy atom. The van der Waals surface area contributed by atoms with Crippen molar-refractivity contribution in [3.8, 4) is 0 Å². The predicted octanol–water partition coefficient (Wildman–Crippen LogP) is 0.921. The van der Waals surface area contributed by atoms with Gasteiger partial charge >= 0.3 is 0 Å². The van der Waals surface area contributed by atoms with Crippen LogP contribution in [0.1, 0.15) is 18.4 Å². The molecule has 1 unspecified atom stereocenters. The SMILES string of the molecule is [NH]c1cccc2c1CC(N1CCC[C@H]1CO)C(=O)N2. The number of aliphatic hydroxyl groups excluding tert-OH is 1. The first-order valence-electron chi connectivity index (χ1n) is 6.71. The number of likely N-dealkylation sites (tertiary alicyclic amines) is 1. The molecule has 0 aromatic heterocycles. The molecule has 3 rings (SSSR count). The second kappa shape index (κ2) is 4.83. The molecule has 2 heterocycles. The number of carbonyl (C=O) groups excluding carboxylic acids is 1. The Balaban J connectivity index is 1.89. The largest absolute Gasteiger partial charge is 0.395 e. The lowest BCUT2D eigenvalue weighted by molar-refractivity contribution is -0.122. The van der Waals surface area contributed by atoms with E-state index in [0.717, 1.165) is 30.6 Å². The molecule has 0 spiro atoms. The van der Waals surface area contributed by atoms with Gasteiger partial charge in [-0.2, -0.15) is 0 Å². The van der Waals surface area contributed by atoms with E-state index < -0.39 is 0 Å². The number of benzene rings is 1. The van der Waals surface area contributed by atoms with E-state index in [1.807, 2.05) is 6.07 Å². The average molecular weight is 260 g/mol. The Kier molecular flexibility index (Phi) is 3.16. The van der Waals surface area contributed by atoms with Gasteiger partial charge in [0.15, 0.2) is 0 Å². The molecule has 1 aromatic rings. The predicted molar refractivity (Wildman–Crippen MR) is 72.1 cm³/mol. The molecule has 5 heteroatoms. The number of hydrogen-bond donors (Lipinski definition) is 2. The maximum absolute atomic E-state index is 12.2. The summed E-state index contributed by atoms with van der Waals surface area (Å²) in [7, 11) is 0. The zero-order chi connectivity index (χ0) is 13.4. The standard InChI is InChI=1S/C14H18N3O2/c15-11-4-1-5-12-10(11)7-13(14(19)16-12)17-6-2-3-9(17)8-18/h1,4-5,9,13,15,18H,2-3,6-8H2,(H,16,19)/t9-,13?/m0/s1. The molecule has 2 atom stereocenters. The van der Waals surface area contributed by atoms with Crippen molar-refractivity contribution in [1.29, 1.82) is 0 Å². The van der Waals surface area contributed by atoms with Gasteiger partial charge in [0, 0.05) is 23.7 Å². The average Bonchev–Trinajstić information content (AvgIpc) is 2.86. The summed E-state index contributed by atoms with van der Waals surface area (Å²) in [5.74, 6) is -0.0153. The number of nitrogens with one attached hydrogen (secondary N) is 2. The number of fused-ring (bicyclic) bond motifs is 1. The van der Waals surface area contributed by atoms with Gasteiger partial charge in [0.25, 0.3) is 0 Å². The van der Waals surface area contributed by atoms with Crippen molar-refractivity contribution in [2.75, 3.05) is 18.5 Å². The summed E-state index contributed by atoms with van der Waals surface area (Å²) in [6.07, 6.45) is 2.53. The summed E-state index contributed by atoms with van der Waals surface area (Å²) >= 11 is 0. The Bertz CT molecular complexity index is 503. The summed E-state index contributed by atoms with van der Waals surface area (Å²) in [4.78, 5) is 14.3. The molecule has 3 N–H and O–H groups in total. The molecule has 1 radical (unpaired) electrons. The van der Waals surface area contributed by atoms with E-state index in [2.05, 4.69) is 10.2 Å². The molecule has 1 aromatic carbocycles. The van der Waals surface area contributed by atoms with Crippen LogP contribution in [0.5, 0.6) is 0 Å². The van der Waals surface area contributed by atoms with Crippen molar-refractivity contribution in [2.45, 2.75) is 31.3 Å². The van der Waals surface area contributed by atoms with Crippen LogP contribution in [0.4, 0.5) is 11.4 Å². The maximum atomic E-state index is 12.2. The van der Waals surface area contributed by atoms with E-state index in [1.165, 1.54) is 0 Å². The first kappa shape index (κ1) is 12.4. The molecule has 1 amide bonds. The van der Waals surface area contributed by atoms with Gasteiger partial charge in [0.2, 0.25) is 5.91 Å². The molecule has 0 bridgehead atoms. The third kappa shape index (κ3) is 2.09. The normalized spacial score (nSPS) is 27.1. The Morgan fingerprint density at radius 1 is 1.47 bits per heavy atom. The highest BCUT2D eigenvalue weighted by molar-refractivity contribution is 5.99. The molecule has 2 aliphatic heterocycles. The molecule has 0 aliphatic carbocycles. The van der Waals surface area contributed by atoms with Crippen molar-refractivity contribution in [1.82, 2.24) is 10.6 Å². The first-order chi connectivity index (χ1) is 9.20. The van der Waals surface area contributed by atoms with Gasteiger partial charge in [-0.25, -0.2) is 0 Å². The molecular formula is C14H18N3O2. The van der Waals surface area contributed by atoms with Gasteiger partial charge in [0.05, 0.1) is 18.3 Å². The fourth-order valence-corrected chi connectivity index (χ4v) is 3.16. The number of aliphatic hydroxyl groups is 1. The van der Waals surface area contributed by atoms with Crippen LogP contribution in [0.15, 0.2) is 18.2 Å². The minimum Gasteiger partial charge on any atom is -0.395 e. The van der Waals surface area contributed by atoms with Crippen LogP contribution in [0.25, 0.3) is 0 Å². The minimum atomic E-state index is -0.251. The highest BCUT2D eigenvalue weighted by Crippen LogP contribution is 2.32. The molecule has 1 fully saturated rings. The van der Waals surface area contributed by atoms with Crippen LogP contribution in [0, 0.1) is 0 Å². The Morgan fingerprint density at radius 2 is 2.32 bits per heavy atom. The third-order valence-corrected chi connectivity index (χ3v) is 4.17. The lowest BCUT2D eigenvalue weighted by atomic mass is 9.96. The lowest BCUT2D eigenvalue weighted by Crippen LogP contribution is -2.50. The summed E-state index contributed by atoms with van der Waals surface area (Å²) in [5, 5.41) is 12.3. The molecule has 2 aliphatic rings. The second-order valence-electron chi connectivity index (χ2n) is 5.26. The Labute approximate surface area is 112 Å². The van der Waals surface area contributed by atoms with Crippen LogP contribution < -0.4 is 11.1 Å². The van der Waals surface area contributed by atoms with E-state index in [-0.39, 0.29) is 24.6 Å². The summed E-state index contributed by atoms with van der Waals surface area (Å²) in [6.45, 7) is 0.942. The molecular weight excluding hydrogens is 242 g/mol. The number of amides is 1. The van der Waals surface area contributed by atoms with Crippen molar-refractivity contribution >= 4 is 17.3 Å². The maximum Gasteiger partial charge on any atom is 0.242 e. The topological polar surface area (TPSA) is 76.4 Å². The quantitative estimate of drug-likeness (QED) is 0.830. The van der Waals surface area contributed by atoms with Crippen molar-refractivity contribution in [3.63, 3.8) is 0 Å². The zero-order valence-electron chi connectivity index (χ0n) is 10.7. The highest BCUT2D eigenvalue weighted by Gasteiger charge is 2.37. The van der Waals surface area contributed by atoms with Gasteiger partial charge in [-0.3, -0.25) is 9.69 Å². The van der Waals surface area contributed by atoms with E-state index in [1.54, 1.807) is 12.1 Å². The zero-order valence-corrected chi connectivity index (χ0v) is 10.7. The fourth-order valence-electron chi connectivity index (χ4n) is 3.16. The van der Waals surface area contributed by atoms with Crippen molar-refractivity contribution in [2.24, 2.45) is 0 Å². The van der Waals surface area contributed by atoms with Crippen LogP contribution in [0.2, 0.25) is 0 Å².